The monoisotopic (exact) mass is 633 g/mol. The summed E-state index contributed by atoms with van der Waals surface area (Å²) >= 11 is 0.946. The second-order valence-corrected chi connectivity index (χ2v) is 13.2. The SMILES string of the molecule is CC(=O)SCNC(=O)CCNC(=O)C(O)C(C)(C)COP(=O)(O)OCC1CCCCC(n2cnc3c2NCN=C3N)O1. The standard InChI is InChI=1S/C24H40N7O9PS/c1-15(32)42-14-30-17(33)8-9-26-23(35)20(34)24(2,3)11-39-41(36,37)38-10-16-6-4-5-7-18(40-16)31-13-29-19-21(25)27-12-28-22(19)31/h13,16,18,20,28,34H,4-12,14H2,1-3H3,(H2,25,27)(H,26,35)(H,30,33)(H,36,37). The number of imidazole rings is 1. The molecular weight excluding hydrogens is 593 g/mol. The molecule has 2 aliphatic heterocycles. The molecule has 0 aromatic carbocycles. The number of aliphatic hydroxyl groups is 1. The van der Waals surface area contributed by atoms with E-state index >= 15 is 0 Å². The van der Waals surface area contributed by atoms with Crippen molar-refractivity contribution in [1.29, 1.82) is 0 Å². The lowest BCUT2D eigenvalue weighted by atomic mass is 9.87. The molecular formula is C24H40N7O9PS. The highest BCUT2D eigenvalue weighted by Gasteiger charge is 2.37. The van der Waals surface area contributed by atoms with Gasteiger partial charge < -0.3 is 36.4 Å². The lowest BCUT2D eigenvalue weighted by Gasteiger charge is -2.30. The number of nitrogens with one attached hydrogen (secondary N) is 3. The third-order valence-electron chi connectivity index (χ3n) is 6.63. The van der Waals surface area contributed by atoms with Gasteiger partial charge in [-0.15, -0.1) is 0 Å². The molecule has 1 aromatic rings. The number of amidine groups is 1. The summed E-state index contributed by atoms with van der Waals surface area (Å²) in [6, 6.07) is 0. The fourth-order valence-electron chi connectivity index (χ4n) is 4.19. The van der Waals surface area contributed by atoms with Crippen LogP contribution in [-0.2, 0) is 32.7 Å². The van der Waals surface area contributed by atoms with Crippen LogP contribution in [0.2, 0.25) is 0 Å². The molecule has 42 heavy (non-hydrogen) atoms. The number of thioether (sulfide) groups is 1. The number of nitrogens with two attached hydrogens (primary N) is 1. The Kier molecular flexibility index (Phi) is 12.4. The summed E-state index contributed by atoms with van der Waals surface area (Å²) in [5.74, 6) is 0.0150. The van der Waals surface area contributed by atoms with Gasteiger partial charge in [-0.3, -0.25) is 28.0 Å². The van der Waals surface area contributed by atoms with Gasteiger partial charge in [-0.05, 0) is 19.3 Å². The summed E-state index contributed by atoms with van der Waals surface area (Å²) in [5, 5.41) is 18.5. The molecule has 4 unspecified atom stereocenters. The Morgan fingerprint density at radius 2 is 2.05 bits per heavy atom. The Morgan fingerprint density at radius 3 is 2.79 bits per heavy atom. The van der Waals surface area contributed by atoms with Crippen molar-refractivity contribution < 1.29 is 42.7 Å². The fourth-order valence-corrected chi connectivity index (χ4v) is 5.55. The van der Waals surface area contributed by atoms with E-state index in [1.165, 1.54) is 20.8 Å². The summed E-state index contributed by atoms with van der Waals surface area (Å²) < 4.78 is 31.0. The fraction of sp³-hybridized carbons (Fsp3) is 0.708. The van der Waals surface area contributed by atoms with Crippen LogP contribution in [0.4, 0.5) is 5.82 Å². The summed E-state index contributed by atoms with van der Waals surface area (Å²) in [6.07, 6.45) is 2.04. The average molecular weight is 634 g/mol. The first-order chi connectivity index (χ1) is 19.8. The molecule has 0 saturated carbocycles. The summed E-state index contributed by atoms with van der Waals surface area (Å²) in [7, 11) is -4.56. The zero-order valence-corrected chi connectivity index (χ0v) is 25.6. The van der Waals surface area contributed by atoms with E-state index < -0.39 is 44.2 Å². The van der Waals surface area contributed by atoms with Crippen LogP contribution >= 0.6 is 19.6 Å². The van der Waals surface area contributed by atoms with Crippen molar-refractivity contribution in [3.63, 3.8) is 0 Å². The predicted molar refractivity (Wildman–Crippen MR) is 154 cm³/mol. The van der Waals surface area contributed by atoms with E-state index in [0.29, 0.717) is 36.9 Å². The Hall–Kier alpha value is -2.53. The van der Waals surface area contributed by atoms with Crippen LogP contribution in [0.25, 0.3) is 0 Å². The number of phosphoric ester groups is 1. The number of hydrogen-bond donors (Lipinski definition) is 6. The lowest BCUT2D eigenvalue weighted by Crippen LogP contribution is -2.46. The number of carbonyl (C=O) groups excluding carboxylic acids is 3. The number of rotatable bonds is 14. The molecule has 3 rings (SSSR count). The zero-order chi connectivity index (χ0) is 30.9. The minimum absolute atomic E-state index is 0.0493. The maximum absolute atomic E-state index is 12.6. The number of nitrogens with zero attached hydrogens (tertiary/aromatic N) is 3. The highest BCUT2D eigenvalue weighted by molar-refractivity contribution is 8.13. The minimum atomic E-state index is -4.56. The molecule has 0 radical (unpaired) electrons. The number of carbonyl (C=O) groups is 3. The van der Waals surface area contributed by atoms with Gasteiger partial charge in [0.2, 0.25) is 11.8 Å². The van der Waals surface area contributed by atoms with E-state index in [-0.39, 0.29) is 36.5 Å². The Bertz CT molecular complexity index is 1200. The van der Waals surface area contributed by atoms with E-state index in [0.717, 1.165) is 24.6 Å². The van der Waals surface area contributed by atoms with Crippen molar-refractivity contribution in [3.05, 3.63) is 12.0 Å². The zero-order valence-electron chi connectivity index (χ0n) is 23.9. The summed E-state index contributed by atoms with van der Waals surface area (Å²) in [5.41, 5.74) is 5.20. The maximum atomic E-state index is 12.6. The van der Waals surface area contributed by atoms with Gasteiger partial charge in [0.05, 0.1) is 31.5 Å². The number of ether oxygens (including phenoxy) is 1. The lowest BCUT2D eigenvalue weighted by molar-refractivity contribution is -0.137. The van der Waals surface area contributed by atoms with Crippen molar-refractivity contribution in [2.45, 2.75) is 71.3 Å². The van der Waals surface area contributed by atoms with Crippen molar-refractivity contribution in [2.24, 2.45) is 16.1 Å². The van der Waals surface area contributed by atoms with Gasteiger partial charge in [0, 0.05) is 25.3 Å². The summed E-state index contributed by atoms with van der Waals surface area (Å²) in [6.45, 7) is 3.94. The van der Waals surface area contributed by atoms with Crippen molar-refractivity contribution in [2.75, 3.05) is 37.6 Å². The first-order valence-electron chi connectivity index (χ1n) is 13.5. The molecule has 2 aliphatic rings. The van der Waals surface area contributed by atoms with Gasteiger partial charge in [-0.25, -0.2) is 14.5 Å². The molecule has 16 nitrogen and oxygen atoms in total. The Balaban J connectivity index is 1.44. The van der Waals surface area contributed by atoms with Crippen LogP contribution in [0.3, 0.4) is 0 Å². The number of hydrogen-bond acceptors (Lipinski definition) is 13. The van der Waals surface area contributed by atoms with Gasteiger partial charge in [-0.1, -0.05) is 32.0 Å². The first-order valence-corrected chi connectivity index (χ1v) is 16.0. The molecule has 1 saturated heterocycles. The number of amides is 2. The molecule has 0 bridgehead atoms. The first kappa shape index (κ1) is 34.0. The average Bonchev–Trinajstić information content (AvgIpc) is 3.23. The van der Waals surface area contributed by atoms with Crippen molar-refractivity contribution in [3.8, 4) is 0 Å². The van der Waals surface area contributed by atoms with E-state index in [2.05, 4.69) is 25.9 Å². The van der Waals surface area contributed by atoms with E-state index in [9.17, 15) is 28.9 Å². The predicted octanol–water partition coefficient (Wildman–Crippen LogP) is 0.810. The number of aliphatic imine (C=N–C) groups is 1. The van der Waals surface area contributed by atoms with E-state index in [1.807, 2.05) is 4.57 Å². The molecule has 18 heteroatoms. The van der Waals surface area contributed by atoms with Gasteiger partial charge in [0.15, 0.2) is 5.12 Å². The number of aromatic nitrogens is 2. The second kappa shape index (κ2) is 15.3. The second-order valence-electron chi connectivity index (χ2n) is 10.6. The van der Waals surface area contributed by atoms with Crippen LogP contribution in [0.1, 0.15) is 64.8 Å². The highest BCUT2D eigenvalue weighted by atomic mass is 32.2. The maximum Gasteiger partial charge on any atom is 0.472 e. The number of aliphatic hydroxyl groups excluding tert-OH is 1. The summed E-state index contributed by atoms with van der Waals surface area (Å²) in [4.78, 5) is 53.8. The highest BCUT2D eigenvalue weighted by Crippen LogP contribution is 2.46. The molecule has 0 aliphatic carbocycles. The van der Waals surface area contributed by atoms with Crippen LogP contribution in [0.15, 0.2) is 11.3 Å². The molecule has 0 spiro atoms. The smallest absolute Gasteiger partial charge is 0.383 e. The van der Waals surface area contributed by atoms with Crippen LogP contribution in [-0.4, -0.2) is 86.8 Å². The van der Waals surface area contributed by atoms with Gasteiger partial charge in [-0.2, -0.15) is 0 Å². The third-order valence-corrected chi connectivity index (χ3v) is 8.25. The number of phosphoric acid groups is 1. The van der Waals surface area contributed by atoms with Crippen LogP contribution in [0.5, 0.6) is 0 Å². The van der Waals surface area contributed by atoms with Crippen molar-refractivity contribution >= 4 is 48.2 Å². The number of fused-ring (bicyclic) bond motifs is 1. The molecule has 236 valence electrons. The van der Waals surface area contributed by atoms with Crippen molar-refractivity contribution in [1.82, 2.24) is 20.2 Å². The van der Waals surface area contributed by atoms with Gasteiger partial charge in [0.1, 0.15) is 36.3 Å². The van der Waals surface area contributed by atoms with E-state index in [4.69, 9.17) is 19.5 Å². The number of anilines is 1. The minimum Gasteiger partial charge on any atom is -0.383 e. The van der Waals surface area contributed by atoms with Gasteiger partial charge >= 0.3 is 7.82 Å². The molecule has 4 atom stereocenters. The largest absolute Gasteiger partial charge is 0.472 e. The molecule has 1 fully saturated rings. The Labute approximate surface area is 248 Å². The van der Waals surface area contributed by atoms with Gasteiger partial charge in [0.25, 0.3) is 0 Å². The molecule has 7 N–H and O–H groups in total. The molecule has 2 amide bonds. The van der Waals surface area contributed by atoms with Crippen LogP contribution in [0, 0.1) is 5.41 Å². The molecule has 1 aromatic heterocycles. The quantitative estimate of drug-likeness (QED) is 0.123. The topological polar surface area (TPSA) is 229 Å². The third kappa shape index (κ3) is 10.0. The van der Waals surface area contributed by atoms with Crippen LogP contribution < -0.4 is 21.7 Å². The molecule has 3 heterocycles. The normalized spacial score (nSPS) is 21.1. The Morgan fingerprint density at radius 1 is 1.31 bits per heavy atom. The van der Waals surface area contributed by atoms with E-state index in [1.54, 1.807) is 6.33 Å².